The second-order valence-corrected chi connectivity index (χ2v) is 17.9. The van der Waals surface area contributed by atoms with Crippen LogP contribution in [0.3, 0.4) is 0 Å². The van der Waals surface area contributed by atoms with Crippen LogP contribution in [0.15, 0.2) is 158 Å². The highest BCUT2D eigenvalue weighted by Crippen LogP contribution is 2.65. The van der Waals surface area contributed by atoms with Crippen LogP contribution in [-0.2, 0) is 5.16 Å². The largest absolute Gasteiger partial charge is 0.0642 e. The fourth-order valence-corrected chi connectivity index (χ4v) is 13.2. The fraction of sp³-hybridized carbons (Fsp3) is 0.200. The average molecular weight is 649 g/mol. The Morgan fingerprint density at radius 3 is 1.19 bits per heavy atom. The van der Waals surface area contributed by atoms with Gasteiger partial charge in [-0.3, -0.25) is 0 Å². The van der Waals surface area contributed by atoms with E-state index in [0.717, 1.165) is 12.8 Å². The summed E-state index contributed by atoms with van der Waals surface area (Å²) in [5.41, 5.74) is 8.39. The van der Waals surface area contributed by atoms with Gasteiger partial charge in [-0.25, -0.2) is 0 Å². The lowest BCUT2D eigenvalue weighted by Crippen LogP contribution is -2.35. The van der Waals surface area contributed by atoms with Gasteiger partial charge >= 0.3 is 0 Å². The lowest BCUT2D eigenvalue weighted by Gasteiger charge is -2.46. The van der Waals surface area contributed by atoms with Crippen LogP contribution in [0.2, 0.25) is 0 Å². The first-order chi connectivity index (χ1) is 22.9. The third-order valence-corrected chi connectivity index (χ3v) is 15.6. The minimum absolute atomic E-state index is 0.113. The quantitative estimate of drug-likeness (QED) is 0.123. The van der Waals surface area contributed by atoms with Gasteiger partial charge in [0.25, 0.3) is 0 Å². The molecule has 0 radical (unpaired) electrons. The van der Waals surface area contributed by atoms with Crippen LogP contribution in [-0.4, -0.2) is 0 Å². The van der Waals surface area contributed by atoms with Gasteiger partial charge < -0.3 is 0 Å². The van der Waals surface area contributed by atoms with E-state index in [9.17, 15) is 0 Å². The molecule has 0 heterocycles. The number of benzene rings is 6. The van der Waals surface area contributed by atoms with Crippen molar-refractivity contribution >= 4 is 37.1 Å². The highest BCUT2D eigenvalue weighted by Gasteiger charge is 2.44. The van der Waals surface area contributed by atoms with Gasteiger partial charge in [-0.15, -0.1) is 0 Å². The number of rotatable bonds is 11. The van der Waals surface area contributed by atoms with Crippen LogP contribution in [0.1, 0.15) is 58.8 Å². The van der Waals surface area contributed by atoms with Crippen molar-refractivity contribution in [3.05, 3.63) is 191 Å². The lowest BCUT2D eigenvalue weighted by atomic mass is 9.88. The summed E-state index contributed by atoms with van der Waals surface area (Å²) >= 11 is 0. The van der Waals surface area contributed by atoms with Crippen molar-refractivity contribution in [3.8, 4) is 0 Å². The third-order valence-electron chi connectivity index (χ3n) is 9.56. The number of hydrogen-bond acceptors (Lipinski definition) is 0. The Bertz CT molecular complexity index is 1750. The maximum atomic E-state index is 2.44. The van der Waals surface area contributed by atoms with Gasteiger partial charge in [0.05, 0.1) is 0 Å². The average Bonchev–Trinajstić information content (AvgIpc) is 3.11. The maximum absolute atomic E-state index is 2.44. The first-order valence-corrected chi connectivity index (χ1v) is 19.6. The monoisotopic (exact) mass is 648 g/mol. The summed E-state index contributed by atoms with van der Waals surface area (Å²) in [6.45, 7) is 11.2. The van der Waals surface area contributed by atoms with Crippen LogP contribution in [0.5, 0.6) is 0 Å². The smallest absolute Gasteiger partial charge is 0.0241 e. The van der Waals surface area contributed by atoms with Gasteiger partial charge in [0.15, 0.2) is 0 Å². The van der Waals surface area contributed by atoms with Crippen LogP contribution in [0.4, 0.5) is 0 Å². The van der Waals surface area contributed by atoms with Crippen molar-refractivity contribution in [1.82, 2.24) is 0 Å². The fourth-order valence-electron chi connectivity index (χ4n) is 6.90. The third kappa shape index (κ3) is 7.36. The minimum Gasteiger partial charge on any atom is -0.0642 e. The molecule has 0 spiro atoms. The Morgan fingerprint density at radius 2 is 0.809 bits per heavy atom. The van der Waals surface area contributed by atoms with E-state index in [1.54, 1.807) is 0 Å². The van der Waals surface area contributed by atoms with E-state index in [4.69, 9.17) is 0 Å². The molecule has 0 aliphatic rings. The molecular formula is C45H46P2. The van der Waals surface area contributed by atoms with E-state index in [0.29, 0.717) is 5.66 Å². The summed E-state index contributed by atoms with van der Waals surface area (Å²) < 4.78 is 0. The summed E-state index contributed by atoms with van der Waals surface area (Å²) in [7, 11) is -1.52. The number of aryl methyl sites for hydroxylation is 4. The normalized spacial score (nSPS) is 13.4. The van der Waals surface area contributed by atoms with E-state index in [1.807, 2.05) is 0 Å². The highest BCUT2D eigenvalue weighted by molar-refractivity contribution is 7.74. The maximum Gasteiger partial charge on any atom is 0.0241 e. The van der Waals surface area contributed by atoms with Gasteiger partial charge in [-0.2, -0.15) is 0 Å². The topological polar surface area (TPSA) is 0 Å². The Kier molecular flexibility index (Phi) is 10.5. The van der Waals surface area contributed by atoms with Crippen molar-refractivity contribution < 1.29 is 0 Å². The van der Waals surface area contributed by atoms with Gasteiger partial charge in [-0.05, 0) is 88.7 Å². The molecule has 0 saturated heterocycles. The van der Waals surface area contributed by atoms with E-state index in [-0.39, 0.29) is 5.16 Å². The van der Waals surface area contributed by atoms with Crippen molar-refractivity contribution in [2.45, 2.75) is 58.3 Å². The Hall–Kier alpha value is -3.82. The zero-order valence-electron chi connectivity index (χ0n) is 28.4. The molecule has 2 atom stereocenters. The zero-order chi connectivity index (χ0) is 32.8. The number of hydrogen-bond donors (Lipinski definition) is 0. The first kappa shape index (κ1) is 33.1. The molecule has 0 aliphatic carbocycles. The summed E-state index contributed by atoms with van der Waals surface area (Å²) in [4.78, 5) is 0. The molecular weight excluding hydrogens is 602 g/mol. The van der Waals surface area contributed by atoms with Gasteiger partial charge in [0.1, 0.15) is 0 Å². The SMILES string of the molecule is CCC(CC(c1ccccc1)P(c1ccc(C)cc1)c1ccc(C)cc1)(c1ccccc1)P(c1ccc(C)cc1)c1ccc(C)cc1. The summed E-state index contributed by atoms with van der Waals surface area (Å²) in [5.74, 6) is 0. The minimum atomic E-state index is -0.785. The molecule has 6 aromatic carbocycles. The van der Waals surface area contributed by atoms with Crippen molar-refractivity contribution in [2.24, 2.45) is 0 Å². The molecule has 0 amide bonds. The Morgan fingerprint density at radius 1 is 0.447 bits per heavy atom. The Balaban J connectivity index is 1.64. The van der Waals surface area contributed by atoms with Gasteiger partial charge in [0, 0.05) is 10.8 Å². The molecule has 0 fully saturated rings. The van der Waals surface area contributed by atoms with E-state index in [1.165, 1.54) is 54.6 Å². The lowest BCUT2D eigenvalue weighted by molar-refractivity contribution is 0.534. The van der Waals surface area contributed by atoms with E-state index in [2.05, 4.69) is 192 Å². The van der Waals surface area contributed by atoms with E-state index < -0.39 is 15.8 Å². The van der Waals surface area contributed by atoms with Crippen LogP contribution < -0.4 is 21.2 Å². The zero-order valence-corrected chi connectivity index (χ0v) is 30.2. The van der Waals surface area contributed by atoms with Gasteiger partial charge in [-0.1, -0.05) is 187 Å². The van der Waals surface area contributed by atoms with Crippen LogP contribution in [0, 0.1) is 27.7 Å². The van der Waals surface area contributed by atoms with Gasteiger partial charge in [0.2, 0.25) is 0 Å². The molecule has 0 aliphatic heterocycles. The Labute approximate surface area is 285 Å². The second-order valence-electron chi connectivity index (χ2n) is 12.9. The molecule has 0 N–H and O–H groups in total. The summed E-state index contributed by atoms with van der Waals surface area (Å²) in [6, 6.07) is 60.6. The summed E-state index contributed by atoms with van der Waals surface area (Å²) in [6.07, 6.45) is 2.08. The van der Waals surface area contributed by atoms with Crippen molar-refractivity contribution in [1.29, 1.82) is 0 Å². The van der Waals surface area contributed by atoms with Crippen LogP contribution >= 0.6 is 15.8 Å². The van der Waals surface area contributed by atoms with E-state index >= 15 is 0 Å². The predicted octanol–water partition coefficient (Wildman–Crippen LogP) is 10.9. The predicted molar refractivity (Wildman–Crippen MR) is 209 cm³/mol. The molecule has 6 rings (SSSR count). The molecule has 2 unspecified atom stereocenters. The molecule has 47 heavy (non-hydrogen) atoms. The molecule has 0 bridgehead atoms. The molecule has 0 saturated carbocycles. The van der Waals surface area contributed by atoms with Crippen molar-refractivity contribution in [2.75, 3.05) is 0 Å². The molecule has 0 aromatic heterocycles. The standard InChI is InChI=1S/C45H46P2/c1-6-45(39-15-11-8-12-16-39,47(42-29-21-36(4)22-30-42)43-31-23-37(5)24-32-43)33-44(38-13-9-7-10-14-38)46(40-25-17-34(2)18-26-40)41-27-19-35(3)20-28-41/h7-32,44H,6,33H2,1-5H3. The van der Waals surface area contributed by atoms with Crippen molar-refractivity contribution in [3.63, 3.8) is 0 Å². The summed E-state index contributed by atoms with van der Waals surface area (Å²) in [5, 5.41) is 5.66. The van der Waals surface area contributed by atoms with Crippen LogP contribution in [0.25, 0.3) is 0 Å². The highest BCUT2D eigenvalue weighted by atomic mass is 31.1. The second kappa shape index (κ2) is 14.9. The first-order valence-electron chi connectivity index (χ1n) is 16.8. The molecule has 2 heteroatoms. The molecule has 0 nitrogen and oxygen atoms in total. The molecule has 236 valence electrons. The molecule has 6 aromatic rings.